The van der Waals surface area contributed by atoms with Crippen molar-refractivity contribution in [3.63, 3.8) is 0 Å². The second-order valence-electron chi connectivity index (χ2n) is 4.41. The Kier molecular flexibility index (Phi) is 4.22. The molecule has 1 aliphatic heterocycles. The van der Waals surface area contributed by atoms with E-state index in [2.05, 4.69) is 33.8 Å². The van der Waals surface area contributed by atoms with Crippen molar-refractivity contribution in [2.24, 2.45) is 0 Å². The average molecular weight is 318 g/mol. The molecule has 1 saturated heterocycles. The summed E-state index contributed by atoms with van der Waals surface area (Å²) < 4.78 is 1.09. The maximum absolute atomic E-state index is 11.0. The molecular formula is C12H16BrNO2S. The summed E-state index contributed by atoms with van der Waals surface area (Å²) in [6.45, 7) is 4.10. The van der Waals surface area contributed by atoms with E-state index < -0.39 is 5.97 Å². The maximum Gasteiger partial charge on any atom is 0.305 e. The molecule has 3 nitrogen and oxygen atoms in total. The van der Waals surface area contributed by atoms with Gasteiger partial charge in [-0.05, 0) is 54.9 Å². The van der Waals surface area contributed by atoms with Crippen LogP contribution in [0.25, 0.3) is 0 Å². The topological polar surface area (TPSA) is 40.5 Å². The van der Waals surface area contributed by atoms with Gasteiger partial charge in [-0.25, -0.2) is 0 Å². The molecule has 94 valence electrons. The Morgan fingerprint density at radius 2 is 2.24 bits per heavy atom. The van der Waals surface area contributed by atoms with Crippen LogP contribution >= 0.6 is 27.3 Å². The molecule has 1 aromatic rings. The predicted molar refractivity (Wildman–Crippen MR) is 72.6 cm³/mol. The second kappa shape index (κ2) is 5.50. The van der Waals surface area contributed by atoms with Gasteiger partial charge in [0.2, 0.25) is 0 Å². The highest BCUT2D eigenvalue weighted by Crippen LogP contribution is 2.36. The fourth-order valence-electron chi connectivity index (χ4n) is 2.27. The summed E-state index contributed by atoms with van der Waals surface area (Å²) in [4.78, 5) is 15.7. The van der Waals surface area contributed by atoms with Crippen molar-refractivity contribution >= 4 is 33.2 Å². The molecule has 0 radical (unpaired) electrons. The van der Waals surface area contributed by atoms with Crippen LogP contribution in [0.15, 0.2) is 10.5 Å². The number of carboxylic acids is 1. The zero-order valence-electron chi connectivity index (χ0n) is 9.78. The fraction of sp³-hybridized carbons (Fsp3) is 0.583. The SMILES string of the molecule is Cc1sc(C(CC(=O)O)N2CCCC2)cc1Br. The van der Waals surface area contributed by atoms with Crippen LogP contribution in [0.1, 0.15) is 35.1 Å². The summed E-state index contributed by atoms with van der Waals surface area (Å²) in [7, 11) is 0. The summed E-state index contributed by atoms with van der Waals surface area (Å²) in [5.74, 6) is -0.718. The molecule has 2 rings (SSSR count). The third kappa shape index (κ3) is 3.09. The van der Waals surface area contributed by atoms with E-state index >= 15 is 0 Å². The fourth-order valence-corrected chi connectivity index (χ4v) is 3.97. The molecule has 0 aromatic carbocycles. The highest BCUT2D eigenvalue weighted by Gasteiger charge is 2.27. The molecule has 17 heavy (non-hydrogen) atoms. The van der Waals surface area contributed by atoms with Crippen LogP contribution in [0.4, 0.5) is 0 Å². The standard InChI is InChI=1S/C12H16BrNO2S/c1-8-9(13)6-11(17-8)10(7-12(15)16)14-4-2-3-5-14/h6,10H,2-5,7H2,1H3,(H,15,16). The lowest BCUT2D eigenvalue weighted by Crippen LogP contribution is -2.27. The first kappa shape index (κ1) is 13.1. The summed E-state index contributed by atoms with van der Waals surface area (Å²) in [6, 6.07) is 2.12. The number of hydrogen-bond donors (Lipinski definition) is 1. The quantitative estimate of drug-likeness (QED) is 0.924. The van der Waals surface area contributed by atoms with Crippen molar-refractivity contribution in [2.75, 3.05) is 13.1 Å². The van der Waals surface area contributed by atoms with Gasteiger partial charge in [0, 0.05) is 14.2 Å². The Morgan fingerprint density at radius 3 is 2.71 bits per heavy atom. The molecule has 1 aromatic heterocycles. The van der Waals surface area contributed by atoms with E-state index in [0.717, 1.165) is 17.6 Å². The van der Waals surface area contributed by atoms with Gasteiger partial charge >= 0.3 is 5.97 Å². The van der Waals surface area contributed by atoms with Gasteiger partial charge in [-0.3, -0.25) is 9.69 Å². The van der Waals surface area contributed by atoms with Crippen molar-refractivity contribution in [2.45, 2.75) is 32.2 Å². The normalized spacial score (nSPS) is 18.5. The number of aryl methyl sites for hydroxylation is 1. The zero-order chi connectivity index (χ0) is 12.4. The van der Waals surface area contributed by atoms with Crippen LogP contribution in [0.5, 0.6) is 0 Å². The Labute approximate surface area is 114 Å². The summed E-state index contributed by atoms with van der Waals surface area (Å²) in [6.07, 6.45) is 2.57. The first-order valence-corrected chi connectivity index (χ1v) is 7.40. The van der Waals surface area contributed by atoms with Crippen LogP contribution < -0.4 is 0 Å². The van der Waals surface area contributed by atoms with Crippen molar-refractivity contribution in [1.82, 2.24) is 4.90 Å². The number of hydrogen-bond acceptors (Lipinski definition) is 3. The molecule has 5 heteroatoms. The van der Waals surface area contributed by atoms with E-state index in [0.29, 0.717) is 0 Å². The van der Waals surface area contributed by atoms with Gasteiger partial charge < -0.3 is 5.11 Å². The van der Waals surface area contributed by atoms with Crippen LogP contribution in [-0.2, 0) is 4.79 Å². The first-order valence-electron chi connectivity index (χ1n) is 5.79. The number of aliphatic carboxylic acids is 1. The second-order valence-corrected chi connectivity index (χ2v) is 6.55. The summed E-state index contributed by atoms with van der Waals surface area (Å²) in [5, 5.41) is 9.05. The van der Waals surface area contributed by atoms with E-state index in [1.54, 1.807) is 11.3 Å². The Hall–Kier alpha value is -0.390. The number of halogens is 1. The predicted octanol–water partition coefficient (Wildman–Crippen LogP) is 3.43. The Morgan fingerprint density at radius 1 is 1.59 bits per heavy atom. The first-order chi connectivity index (χ1) is 8.08. The van der Waals surface area contributed by atoms with Crippen molar-refractivity contribution < 1.29 is 9.90 Å². The monoisotopic (exact) mass is 317 g/mol. The maximum atomic E-state index is 11.0. The number of likely N-dealkylation sites (tertiary alicyclic amines) is 1. The molecule has 1 atom stereocenters. The van der Waals surface area contributed by atoms with Crippen molar-refractivity contribution in [3.8, 4) is 0 Å². The third-order valence-corrected chi connectivity index (χ3v) is 5.39. The number of rotatable bonds is 4. The van der Waals surface area contributed by atoms with E-state index in [-0.39, 0.29) is 12.5 Å². The highest BCUT2D eigenvalue weighted by molar-refractivity contribution is 9.10. The molecule has 0 amide bonds. The Balaban J connectivity index is 2.22. The molecule has 0 spiro atoms. The van der Waals surface area contributed by atoms with Gasteiger partial charge in [0.05, 0.1) is 12.5 Å². The van der Waals surface area contributed by atoms with Gasteiger partial charge in [-0.2, -0.15) is 0 Å². The molecule has 1 N–H and O–H groups in total. The molecular weight excluding hydrogens is 302 g/mol. The number of nitrogens with zero attached hydrogens (tertiary/aromatic N) is 1. The molecule has 0 bridgehead atoms. The molecule has 2 heterocycles. The minimum atomic E-state index is -0.718. The van der Waals surface area contributed by atoms with Crippen molar-refractivity contribution in [1.29, 1.82) is 0 Å². The van der Waals surface area contributed by atoms with Crippen molar-refractivity contribution in [3.05, 3.63) is 20.3 Å². The lowest BCUT2D eigenvalue weighted by molar-refractivity contribution is -0.138. The zero-order valence-corrected chi connectivity index (χ0v) is 12.2. The molecule has 1 unspecified atom stereocenters. The van der Waals surface area contributed by atoms with E-state index in [9.17, 15) is 4.79 Å². The van der Waals surface area contributed by atoms with Gasteiger partial charge in [0.1, 0.15) is 0 Å². The minimum Gasteiger partial charge on any atom is -0.481 e. The lowest BCUT2D eigenvalue weighted by atomic mass is 10.1. The van der Waals surface area contributed by atoms with Gasteiger partial charge in [-0.1, -0.05) is 0 Å². The van der Waals surface area contributed by atoms with Crippen LogP contribution in [0.3, 0.4) is 0 Å². The average Bonchev–Trinajstić information content (AvgIpc) is 2.86. The number of thiophene rings is 1. The number of carbonyl (C=O) groups is 1. The lowest BCUT2D eigenvalue weighted by Gasteiger charge is -2.25. The van der Waals surface area contributed by atoms with Gasteiger partial charge in [0.15, 0.2) is 0 Å². The molecule has 0 saturated carbocycles. The highest BCUT2D eigenvalue weighted by atomic mass is 79.9. The van der Waals surface area contributed by atoms with Crippen LogP contribution in [0, 0.1) is 6.92 Å². The summed E-state index contributed by atoms with van der Waals surface area (Å²) in [5.41, 5.74) is 0. The van der Waals surface area contributed by atoms with Crippen LogP contribution in [0.2, 0.25) is 0 Å². The molecule has 1 fully saturated rings. The summed E-state index contributed by atoms with van der Waals surface area (Å²) >= 11 is 5.20. The van der Waals surface area contributed by atoms with E-state index in [4.69, 9.17) is 5.11 Å². The van der Waals surface area contributed by atoms with E-state index in [1.165, 1.54) is 22.6 Å². The number of carboxylic acid groups (broad SMARTS) is 1. The Bertz CT molecular complexity index is 393. The largest absolute Gasteiger partial charge is 0.481 e. The smallest absolute Gasteiger partial charge is 0.305 e. The van der Waals surface area contributed by atoms with E-state index in [1.807, 2.05) is 0 Å². The van der Waals surface area contributed by atoms with Crippen LogP contribution in [-0.4, -0.2) is 29.1 Å². The molecule has 0 aliphatic carbocycles. The molecule has 1 aliphatic rings. The van der Waals surface area contributed by atoms with Gasteiger partial charge in [-0.15, -0.1) is 11.3 Å². The third-order valence-electron chi connectivity index (χ3n) is 3.15. The minimum absolute atomic E-state index is 0.0463. The van der Waals surface area contributed by atoms with Gasteiger partial charge in [0.25, 0.3) is 0 Å².